The van der Waals surface area contributed by atoms with Crippen LogP contribution in [0.4, 0.5) is 0 Å². The zero-order chi connectivity index (χ0) is 17.8. The van der Waals surface area contributed by atoms with E-state index in [1.165, 1.54) is 25.0 Å². The summed E-state index contributed by atoms with van der Waals surface area (Å²) in [7, 11) is 0. The van der Waals surface area contributed by atoms with Crippen molar-refractivity contribution in [3.63, 3.8) is 0 Å². The summed E-state index contributed by atoms with van der Waals surface area (Å²) in [5.74, 6) is -1.36. The van der Waals surface area contributed by atoms with E-state index in [9.17, 15) is 9.59 Å². The molecule has 0 fully saturated rings. The van der Waals surface area contributed by atoms with E-state index in [4.69, 9.17) is 9.84 Å². The van der Waals surface area contributed by atoms with Gasteiger partial charge in [0.05, 0.1) is 0 Å². The van der Waals surface area contributed by atoms with E-state index >= 15 is 0 Å². The van der Waals surface area contributed by atoms with Gasteiger partial charge in [-0.3, -0.25) is 4.79 Å². The predicted molar refractivity (Wildman–Crippen MR) is 94.5 cm³/mol. The van der Waals surface area contributed by atoms with Crippen LogP contribution in [0.25, 0.3) is 0 Å². The third-order valence-electron chi connectivity index (χ3n) is 3.85. The van der Waals surface area contributed by atoms with Crippen LogP contribution in [0.3, 0.4) is 0 Å². The number of nitrogens with zero attached hydrogens (tertiary/aromatic N) is 1. The molecule has 24 heavy (non-hydrogen) atoms. The third kappa shape index (κ3) is 7.59. The summed E-state index contributed by atoms with van der Waals surface area (Å²) in [4.78, 5) is 25.5. The number of carboxylic acid groups (broad SMARTS) is 1. The zero-order valence-corrected chi connectivity index (χ0v) is 14.8. The summed E-state index contributed by atoms with van der Waals surface area (Å²) >= 11 is 0. The monoisotopic (exact) mass is 335 g/mol. The molecular weight excluding hydrogens is 306 g/mol. The first-order valence-electron chi connectivity index (χ1n) is 8.83. The van der Waals surface area contributed by atoms with Gasteiger partial charge in [-0.1, -0.05) is 38.8 Å². The highest BCUT2D eigenvalue weighted by Gasteiger charge is 2.14. The minimum Gasteiger partial charge on any atom is -0.478 e. The van der Waals surface area contributed by atoms with Gasteiger partial charge >= 0.3 is 11.9 Å². The second kappa shape index (κ2) is 11.6. The fourth-order valence-corrected chi connectivity index (χ4v) is 2.45. The molecule has 0 unspecified atom stereocenters. The molecule has 0 saturated carbocycles. The van der Waals surface area contributed by atoms with E-state index in [-0.39, 0.29) is 17.3 Å². The molecule has 0 bridgehead atoms. The number of para-hydroxylation sites is 1. The largest absolute Gasteiger partial charge is 0.478 e. The molecule has 0 saturated heterocycles. The van der Waals surface area contributed by atoms with E-state index in [0.29, 0.717) is 6.42 Å². The topological polar surface area (TPSA) is 66.8 Å². The maximum atomic E-state index is 12.0. The molecule has 134 valence electrons. The standard InChI is InChI=1S/C19H29NO4/c1-3-5-13-20(14-6-4-2)15-9-12-18(21)24-17-11-8-7-10-16(17)19(22)23/h7-8,10-11H,3-6,9,12-15H2,1-2H3,(H,22,23). The van der Waals surface area contributed by atoms with Gasteiger partial charge < -0.3 is 14.7 Å². The summed E-state index contributed by atoms with van der Waals surface area (Å²) in [5.41, 5.74) is 0.0124. The summed E-state index contributed by atoms with van der Waals surface area (Å²) in [5, 5.41) is 9.09. The molecule has 0 aliphatic heterocycles. The van der Waals surface area contributed by atoms with Crippen molar-refractivity contribution < 1.29 is 19.4 Å². The van der Waals surface area contributed by atoms with E-state index in [0.717, 1.165) is 38.9 Å². The van der Waals surface area contributed by atoms with E-state index < -0.39 is 5.97 Å². The number of benzene rings is 1. The van der Waals surface area contributed by atoms with Crippen LogP contribution in [-0.4, -0.2) is 41.6 Å². The highest BCUT2D eigenvalue weighted by molar-refractivity contribution is 5.91. The fourth-order valence-electron chi connectivity index (χ4n) is 2.45. The molecular formula is C19H29NO4. The number of unbranched alkanes of at least 4 members (excludes halogenated alkanes) is 2. The number of esters is 1. The van der Waals surface area contributed by atoms with Crippen molar-refractivity contribution in [3.05, 3.63) is 29.8 Å². The van der Waals surface area contributed by atoms with Gasteiger partial charge in [-0.25, -0.2) is 4.79 Å². The lowest BCUT2D eigenvalue weighted by molar-refractivity contribution is -0.134. The Hall–Kier alpha value is -1.88. The molecule has 1 aromatic rings. The van der Waals surface area contributed by atoms with Crippen LogP contribution in [0.15, 0.2) is 24.3 Å². The molecule has 0 atom stereocenters. The van der Waals surface area contributed by atoms with Gasteiger partial charge in [-0.05, 0) is 51.0 Å². The number of ether oxygens (including phenoxy) is 1. The van der Waals surface area contributed by atoms with Crippen LogP contribution >= 0.6 is 0 Å². The number of carbonyl (C=O) groups excluding carboxylic acids is 1. The van der Waals surface area contributed by atoms with Crippen molar-refractivity contribution in [2.75, 3.05) is 19.6 Å². The van der Waals surface area contributed by atoms with Crippen molar-refractivity contribution in [3.8, 4) is 5.75 Å². The summed E-state index contributed by atoms with van der Waals surface area (Å²) < 4.78 is 5.21. The molecule has 1 aromatic carbocycles. The minimum absolute atomic E-state index is 0.0124. The molecule has 0 radical (unpaired) electrons. The Balaban J connectivity index is 2.43. The molecule has 0 aliphatic carbocycles. The smallest absolute Gasteiger partial charge is 0.339 e. The molecule has 0 amide bonds. The first-order chi connectivity index (χ1) is 11.6. The first kappa shape index (κ1) is 20.2. The van der Waals surface area contributed by atoms with Crippen molar-refractivity contribution in [1.82, 2.24) is 4.90 Å². The second-order valence-electron chi connectivity index (χ2n) is 5.93. The van der Waals surface area contributed by atoms with Crippen LogP contribution in [0, 0.1) is 0 Å². The van der Waals surface area contributed by atoms with Gasteiger partial charge in [-0.2, -0.15) is 0 Å². The van der Waals surface area contributed by atoms with Crippen LogP contribution < -0.4 is 4.74 Å². The molecule has 1 rings (SSSR count). The number of hydrogen-bond acceptors (Lipinski definition) is 4. The summed E-state index contributed by atoms with van der Waals surface area (Å²) in [6, 6.07) is 6.21. The Labute approximate surface area is 144 Å². The molecule has 0 heterocycles. The summed E-state index contributed by atoms with van der Waals surface area (Å²) in [6.45, 7) is 7.35. The minimum atomic E-state index is -1.09. The third-order valence-corrected chi connectivity index (χ3v) is 3.85. The maximum absolute atomic E-state index is 12.0. The van der Waals surface area contributed by atoms with Crippen LogP contribution in [0.5, 0.6) is 5.75 Å². The van der Waals surface area contributed by atoms with Gasteiger partial charge in [0.1, 0.15) is 11.3 Å². The van der Waals surface area contributed by atoms with Gasteiger partial charge in [-0.15, -0.1) is 0 Å². The first-order valence-corrected chi connectivity index (χ1v) is 8.83. The fraction of sp³-hybridized carbons (Fsp3) is 0.579. The Morgan fingerprint density at radius 1 is 1.00 bits per heavy atom. The van der Waals surface area contributed by atoms with Crippen molar-refractivity contribution in [1.29, 1.82) is 0 Å². The van der Waals surface area contributed by atoms with Crippen molar-refractivity contribution >= 4 is 11.9 Å². The Morgan fingerprint density at radius 3 is 2.17 bits per heavy atom. The quantitative estimate of drug-likeness (QED) is 0.462. The lowest BCUT2D eigenvalue weighted by atomic mass is 10.2. The van der Waals surface area contributed by atoms with E-state index in [1.807, 2.05) is 0 Å². The number of carboxylic acids is 1. The number of carbonyl (C=O) groups is 2. The molecule has 5 heteroatoms. The van der Waals surface area contributed by atoms with Crippen LogP contribution in [-0.2, 0) is 4.79 Å². The highest BCUT2D eigenvalue weighted by Crippen LogP contribution is 2.18. The van der Waals surface area contributed by atoms with Crippen molar-refractivity contribution in [2.24, 2.45) is 0 Å². The Kier molecular flexibility index (Phi) is 9.77. The van der Waals surface area contributed by atoms with E-state index in [1.54, 1.807) is 12.1 Å². The highest BCUT2D eigenvalue weighted by atomic mass is 16.5. The molecule has 5 nitrogen and oxygen atoms in total. The lowest BCUT2D eigenvalue weighted by Crippen LogP contribution is -2.28. The average Bonchev–Trinajstić information content (AvgIpc) is 2.57. The van der Waals surface area contributed by atoms with Gasteiger partial charge in [0, 0.05) is 6.42 Å². The molecule has 0 spiro atoms. The van der Waals surface area contributed by atoms with Crippen molar-refractivity contribution in [2.45, 2.75) is 52.4 Å². The average molecular weight is 335 g/mol. The Morgan fingerprint density at radius 2 is 1.58 bits per heavy atom. The van der Waals surface area contributed by atoms with Crippen LogP contribution in [0.2, 0.25) is 0 Å². The van der Waals surface area contributed by atoms with Gasteiger partial charge in [0.2, 0.25) is 0 Å². The maximum Gasteiger partial charge on any atom is 0.339 e. The van der Waals surface area contributed by atoms with Gasteiger partial charge in [0.25, 0.3) is 0 Å². The number of rotatable bonds is 12. The number of aromatic carboxylic acids is 1. The number of hydrogen-bond donors (Lipinski definition) is 1. The molecule has 0 aliphatic rings. The molecule has 1 N–H and O–H groups in total. The van der Waals surface area contributed by atoms with Crippen LogP contribution in [0.1, 0.15) is 62.7 Å². The van der Waals surface area contributed by atoms with Gasteiger partial charge in [0.15, 0.2) is 0 Å². The SMILES string of the molecule is CCCCN(CCCC)CCCC(=O)Oc1ccccc1C(=O)O. The predicted octanol–water partition coefficient (Wildman–Crippen LogP) is 3.97. The molecule has 0 aromatic heterocycles. The Bertz CT molecular complexity index is 508. The second-order valence-corrected chi connectivity index (χ2v) is 5.93. The normalized spacial score (nSPS) is 10.8. The van der Waals surface area contributed by atoms with E-state index in [2.05, 4.69) is 18.7 Å². The summed E-state index contributed by atoms with van der Waals surface area (Å²) in [6.07, 6.45) is 5.68. The lowest BCUT2D eigenvalue weighted by Gasteiger charge is -2.21. The zero-order valence-electron chi connectivity index (χ0n) is 14.8.